The molecular weight excluding hydrogens is 220 g/mol. The maximum atomic E-state index is 9.72. The normalized spacial score (nSPS) is 27.1. The highest BCUT2D eigenvalue weighted by atomic mass is 16.3. The molecule has 0 amide bonds. The Labute approximate surface area is 114 Å². The summed E-state index contributed by atoms with van der Waals surface area (Å²) >= 11 is 0. The molecule has 0 unspecified atom stereocenters. The summed E-state index contributed by atoms with van der Waals surface area (Å²) in [6, 6.07) is 0. The van der Waals surface area contributed by atoms with E-state index >= 15 is 0 Å². The summed E-state index contributed by atoms with van der Waals surface area (Å²) in [5, 5.41) is 9.72. The van der Waals surface area contributed by atoms with Crippen molar-refractivity contribution in [3.05, 3.63) is 12.2 Å². The van der Waals surface area contributed by atoms with Crippen molar-refractivity contribution in [3.8, 4) is 0 Å². The maximum Gasteiger partial charge on any atom is 0.0543 e. The third-order valence-corrected chi connectivity index (χ3v) is 4.91. The molecule has 0 heterocycles. The molecule has 1 nitrogen and oxygen atoms in total. The molecule has 0 aromatic carbocycles. The van der Waals surface area contributed by atoms with Gasteiger partial charge in [-0.25, -0.2) is 0 Å². The standard InChI is InChI=1S/C17H32O/c1-5-7-8-15(11-13(3)6-2)14(4)16-9-10-17(18)12-16/h14-18H,3,5-12H2,1-2,4H3/t14-,15+,16+,17-/m0/s1. The second-order valence-corrected chi connectivity index (χ2v) is 6.30. The van der Waals surface area contributed by atoms with Crippen LogP contribution in [0.5, 0.6) is 0 Å². The predicted octanol–water partition coefficient (Wildman–Crippen LogP) is 4.95. The van der Waals surface area contributed by atoms with Crippen LogP contribution in [0, 0.1) is 17.8 Å². The molecule has 0 aromatic rings. The van der Waals surface area contributed by atoms with Crippen LogP contribution in [-0.4, -0.2) is 11.2 Å². The van der Waals surface area contributed by atoms with Gasteiger partial charge in [-0.3, -0.25) is 0 Å². The number of unbranched alkanes of at least 4 members (excludes halogenated alkanes) is 1. The van der Waals surface area contributed by atoms with Gasteiger partial charge in [0.15, 0.2) is 0 Å². The largest absolute Gasteiger partial charge is 0.393 e. The second-order valence-electron chi connectivity index (χ2n) is 6.30. The van der Waals surface area contributed by atoms with E-state index in [0.717, 1.165) is 37.0 Å². The van der Waals surface area contributed by atoms with Crippen molar-refractivity contribution in [1.29, 1.82) is 0 Å². The molecule has 1 saturated carbocycles. The monoisotopic (exact) mass is 252 g/mol. The summed E-state index contributed by atoms with van der Waals surface area (Å²) in [5.41, 5.74) is 1.40. The van der Waals surface area contributed by atoms with Crippen LogP contribution in [0.2, 0.25) is 0 Å². The molecule has 1 fully saturated rings. The molecule has 4 atom stereocenters. The van der Waals surface area contributed by atoms with Crippen LogP contribution >= 0.6 is 0 Å². The minimum atomic E-state index is -0.0290. The Bertz CT molecular complexity index is 246. The SMILES string of the molecule is C=C(CC)C[C@@H](CCCC)[C@H](C)[C@@H]1CC[C@H](O)C1. The quantitative estimate of drug-likeness (QED) is 0.606. The van der Waals surface area contributed by atoms with Crippen molar-refractivity contribution in [3.63, 3.8) is 0 Å². The molecule has 1 rings (SSSR count). The maximum absolute atomic E-state index is 9.72. The van der Waals surface area contributed by atoms with Crippen molar-refractivity contribution >= 4 is 0 Å². The number of rotatable bonds is 8. The van der Waals surface area contributed by atoms with E-state index in [1.807, 2.05) is 0 Å². The van der Waals surface area contributed by atoms with Crippen LogP contribution in [0.15, 0.2) is 12.2 Å². The summed E-state index contributed by atoms with van der Waals surface area (Å²) in [6.07, 6.45) is 9.52. The van der Waals surface area contributed by atoms with Crippen LogP contribution in [0.25, 0.3) is 0 Å². The summed E-state index contributed by atoms with van der Waals surface area (Å²) in [6.45, 7) is 11.1. The van der Waals surface area contributed by atoms with Gasteiger partial charge in [-0.15, -0.1) is 0 Å². The highest BCUT2D eigenvalue weighted by Gasteiger charge is 2.31. The molecule has 1 aliphatic carbocycles. The van der Waals surface area contributed by atoms with Gasteiger partial charge in [-0.05, 0) is 56.3 Å². The van der Waals surface area contributed by atoms with Gasteiger partial charge in [-0.2, -0.15) is 0 Å². The van der Waals surface area contributed by atoms with Crippen LogP contribution in [0.3, 0.4) is 0 Å². The number of aliphatic hydroxyl groups excluding tert-OH is 1. The van der Waals surface area contributed by atoms with Gasteiger partial charge in [0, 0.05) is 0 Å². The molecule has 106 valence electrons. The average molecular weight is 252 g/mol. The Morgan fingerprint density at radius 3 is 2.56 bits per heavy atom. The van der Waals surface area contributed by atoms with Crippen LogP contribution in [0.1, 0.15) is 72.1 Å². The van der Waals surface area contributed by atoms with E-state index < -0.39 is 0 Å². The first-order chi connectivity index (χ1) is 8.58. The number of hydrogen-bond donors (Lipinski definition) is 1. The zero-order valence-corrected chi connectivity index (χ0v) is 12.6. The van der Waals surface area contributed by atoms with Gasteiger partial charge in [0.1, 0.15) is 0 Å². The first kappa shape index (κ1) is 15.8. The zero-order valence-electron chi connectivity index (χ0n) is 12.6. The van der Waals surface area contributed by atoms with Crippen molar-refractivity contribution in [2.45, 2.75) is 78.2 Å². The van der Waals surface area contributed by atoms with Crippen LogP contribution < -0.4 is 0 Å². The van der Waals surface area contributed by atoms with Crippen LogP contribution in [-0.2, 0) is 0 Å². The van der Waals surface area contributed by atoms with Crippen molar-refractivity contribution in [2.24, 2.45) is 17.8 Å². The topological polar surface area (TPSA) is 20.2 Å². The summed E-state index contributed by atoms with van der Waals surface area (Å²) in [5.74, 6) is 2.27. The lowest BCUT2D eigenvalue weighted by atomic mass is 9.76. The number of allylic oxidation sites excluding steroid dienone is 1. The van der Waals surface area contributed by atoms with E-state index in [2.05, 4.69) is 27.4 Å². The summed E-state index contributed by atoms with van der Waals surface area (Å²) in [4.78, 5) is 0. The van der Waals surface area contributed by atoms with Gasteiger partial charge >= 0.3 is 0 Å². The molecule has 1 heteroatoms. The van der Waals surface area contributed by atoms with Gasteiger partial charge in [0.2, 0.25) is 0 Å². The Hall–Kier alpha value is -0.300. The molecule has 0 saturated heterocycles. The van der Waals surface area contributed by atoms with Crippen molar-refractivity contribution in [2.75, 3.05) is 0 Å². The number of hydrogen-bond acceptors (Lipinski definition) is 1. The summed E-state index contributed by atoms with van der Waals surface area (Å²) < 4.78 is 0. The minimum absolute atomic E-state index is 0.0290. The molecule has 18 heavy (non-hydrogen) atoms. The predicted molar refractivity (Wildman–Crippen MR) is 79.6 cm³/mol. The third kappa shape index (κ3) is 4.76. The Kier molecular flexibility index (Phi) is 6.99. The van der Waals surface area contributed by atoms with E-state index in [1.54, 1.807) is 0 Å². The first-order valence-electron chi connectivity index (χ1n) is 7.93. The van der Waals surface area contributed by atoms with Crippen LogP contribution in [0.4, 0.5) is 0 Å². The zero-order chi connectivity index (χ0) is 13.5. The molecule has 0 aromatic heterocycles. The minimum Gasteiger partial charge on any atom is -0.393 e. The molecule has 0 aliphatic heterocycles. The molecule has 0 spiro atoms. The second kappa shape index (κ2) is 7.99. The molecule has 0 radical (unpaired) electrons. The Morgan fingerprint density at radius 2 is 2.06 bits per heavy atom. The van der Waals surface area contributed by atoms with Gasteiger partial charge in [0.05, 0.1) is 6.10 Å². The fourth-order valence-electron chi connectivity index (χ4n) is 3.39. The molecule has 1 aliphatic rings. The molecular formula is C17H32O. The molecule has 1 N–H and O–H groups in total. The third-order valence-electron chi connectivity index (χ3n) is 4.91. The lowest BCUT2D eigenvalue weighted by Gasteiger charge is -2.29. The highest BCUT2D eigenvalue weighted by Crippen LogP contribution is 2.39. The Morgan fingerprint density at radius 1 is 1.33 bits per heavy atom. The van der Waals surface area contributed by atoms with Crippen molar-refractivity contribution in [1.82, 2.24) is 0 Å². The first-order valence-corrected chi connectivity index (χ1v) is 7.93. The van der Waals surface area contributed by atoms with E-state index in [4.69, 9.17) is 0 Å². The molecule has 0 bridgehead atoms. The lowest BCUT2D eigenvalue weighted by molar-refractivity contribution is 0.160. The van der Waals surface area contributed by atoms with E-state index in [1.165, 1.54) is 37.7 Å². The number of aliphatic hydroxyl groups is 1. The lowest BCUT2D eigenvalue weighted by Crippen LogP contribution is -2.20. The van der Waals surface area contributed by atoms with E-state index in [0.29, 0.717) is 0 Å². The van der Waals surface area contributed by atoms with Gasteiger partial charge < -0.3 is 5.11 Å². The highest BCUT2D eigenvalue weighted by molar-refractivity contribution is 4.96. The van der Waals surface area contributed by atoms with E-state index in [9.17, 15) is 5.11 Å². The van der Waals surface area contributed by atoms with Gasteiger partial charge in [-0.1, -0.05) is 45.8 Å². The Balaban J connectivity index is 2.53. The fourth-order valence-corrected chi connectivity index (χ4v) is 3.39. The summed E-state index contributed by atoms with van der Waals surface area (Å²) in [7, 11) is 0. The smallest absolute Gasteiger partial charge is 0.0543 e. The fraction of sp³-hybridized carbons (Fsp3) is 0.882. The average Bonchev–Trinajstić information content (AvgIpc) is 2.79. The van der Waals surface area contributed by atoms with E-state index in [-0.39, 0.29) is 6.10 Å². The van der Waals surface area contributed by atoms with Gasteiger partial charge in [0.25, 0.3) is 0 Å². The van der Waals surface area contributed by atoms with Crippen molar-refractivity contribution < 1.29 is 5.11 Å².